The monoisotopic (exact) mass is 485 g/mol. The number of benzene rings is 2. The molecule has 0 bridgehead atoms. The van der Waals surface area contributed by atoms with E-state index in [0.717, 1.165) is 48.1 Å². The van der Waals surface area contributed by atoms with Crippen molar-refractivity contribution in [2.24, 2.45) is 5.92 Å². The fourth-order valence-corrected chi connectivity index (χ4v) is 4.95. The van der Waals surface area contributed by atoms with E-state index >= 15 is 4.39 Å². The Morgan fingerprint density at radius 3 is 2.56 bits per heavy atom. The zero-order chi connectivity index (χ0) is 24.2. The molecule has 5 nitrogen and oxygen atoms in total. The molecule has 1 saturated heterocycles. The summed E-state index contributed by atoms with van der Waals surface area (Å²) in [5.74, 6) is -2.22. The first-order valence-electron chi connectivity index (χ1n) is 11.5. The van der Waals surface area contributed by atoms with Crippen molar-refractivity contribution in [3.05, 3.63) is 69.9 Å². The van der Waals surface area contributed by atoms with E-state index in [1.807, 2.05) is 38.1 Å². The summed E-state index contributed by atoms with van der Waals surface area (Å²) >= 11 is 1.46. The first kappa shape index (κ1) is 24.3. The number of nitrogens with one attached hydrogen (secondary N) is 1. The third-order valence-electron chi connectivity index (χ3n) is 6.13. The van der Waals surface area contributed by atoms with Crippen LogP contribution in [0.5, 0.6) is 5.75 Å². The van der Waals surface area contributed by atoms with Gasteiger partial charge in [-0.2, -0.15) is 0 Å². The zero-order valence-electron chi connectivity index (χ0n) is 19.7. The third kappa shape index (κ3) is 5.62. The normalized spacial score (nSPS) is 14.9. The number of likely N-dealkylation sites (tertiary alicyclic amines) is 1. The lowest BCUT2D eigenvalue weighted by molar-refractivity contribution is 0.0896. The highest BCUT2D eigenvalue weighted by atomic mass is 32.1. The van der Waals surface area contributed by atoms with Crippen LogP contribution < -0.4 is 10.1 Å². The number of ether oxygens (including phenoxy) is 1. The maximum absolute atomic E-state index is 15.0. The lowest BCUT2D eigenvalue weighted by atomic mass is 10.00. The molecular formula is C26H29F2N3O2S. The minimum atomic E-state index is -1.00. The van der Waals surface area contributed by atoms with Crippen LogP contribution in [0.15, 0.2) is 36.4 Å². The van der Waals surface area contributed by atoms with Crippen molar-refractivity contribution in [1.29, 1.82) is 0 Å². The first-order valence-corrected chi connectivity index (χ1v) is 12.3. The number of aromatic nitrogens is 1. The third-order valence-corrected chi connectivity index (χ3v) is 7.31. The number of piperidine rings is 1. The molecule has 1 N–H and O–H groups in total. The number of thiazole rings is 1. The molecule has 0 atom stereocenters. The molecule has 0 unspecified atom stereocenters. The Morgan fingerprint density at radius 1 is 1.15 bits per heavy atom. The standard InChI is InChI=1S/C26H29F2N3O2S/c1-16-4-6-19(7-5-16)25-18(3)30-22(34-25)14-33-21-9-8-20(27)23(24(21)28)26(32)29-15-31-12-10-17(2)11-13-31/h4-9,17H,10-15H2,1-3H3,(H,29,32). The second-order valence-corrected chi connectivity index (χ2v) is 9.96. The average molecular weight is 486 g/mol. The molecule has 8 heteroatoms. The van der Waals surface area contributed by atoms with Crippen molar-refractivity contribution < 1.29 is 18.3 Å². The molecule has 0 aliphatic carbocycles. The summed E-state index contributed by atoms with van der Waals surface area (Å²) in [4.78, 5) is 20.2. The molecule has 1 aliphatic heterocycles. The van der Waals surface area contributed by atoms with Crippen LogP contribution in [0.3, 0.4) is 0 Å². The van der Waals surface area contributed by atoms with Gasteiger partial charge in [-0.3, -0.25) is 9.69 Å². The highest BCUT2D eigenvalue weighted by Gasteiger charge is 2.23. The molecule has 34 heavy (non-hydrogen) atoms. The van der Waals surface area contributed by atoms with Gasteiger partial charge in [-0.05, 0) is 50.3 Å². The Bertz CT molecular complexity index is 1160. The Morgan fingerprint density at radius 2 is 1.85 bits per heavy atom. The lowest BCUT2D eigenvalue weighted by Gasteiger charge is -2.30. The quantitative estimate of drug-likeness (QED) is 0.466. The lowest BCUT2D eigenvalue weighted by Crippen LogP contribution is -2.42. The Labute approximate surface area is 202 Å². The van der Waals surface area contributed by atoms with Crippen LogP contribution in [-0.2, 0) is 6.61 Å². The van der Waals surface area contributed by atoms with Gasteiger partial charge in [-0.15, -0.1) is 11.3 Å². The summed E-state index contributed by atoms with van der Waals surface area (Å²) < 4.78 is 35.0. The van der Waals surface area contributed by atoms with E-state index in [-0.39, 0.29) is 19.0 Å². The number of aryl methyl sites for hydroxylation is 2. The van der Waals surface area contributed by atoms with E-state index in [1.165, 1.54) is 23.0 Å². The predicted molar refractivity (Wildman–Crippen MR) is 130 cm³/mol. The van der Waals surface area contributed by atoms with Crippen LogP contribution in [0.2, 0.25) is 0 Å². The van der Waals surface area contributed by atoms with Crippen molar-refractivity contribution in [3.63, 3.8) is 0 Å². The summed E-state index contributed by atoms with van der Waals surface area (Å²) in [6.07, 6.45) is 2.09. The van der Waals surface area contributed by atoms with E-state index in [0.29, 0.717) is 10.9 Å². The van der Waals surface area contributed by atoms with Crippen LogP contribution in [-0.4, -0.2) is 35.5 Å². The molecule has 0 saturated carbocycles. The summed E-state index contributed by atoms with van der Waals surface area (Å²) in [5.41, 5.74) is 2.46. The number of halogens is 2. The van der Waals surface area contributed by atoms with Gasteiger partial charge in [0.15, 0.2) is 11.6 Å². The van der Waals surface area contributed by atoms with Crippen LogP contribution in [0.4, 0.5) is 8.78 Å². The van der Waals surface area contributed by atoms with E-state index in [2.05, 4.69) is 22.1 Å². The molecule has 2 heterocycles. The smallest absolute Gasteiger partial charge is 0.258 e. The number of nitrogens with zero attached hydrogens (tertiary/aromatic N) is 2. The van der Waals surface area contributed by atoms with Gasteiger partial charge in [0.25, 0.3) is 5.91 Å². The zero-order valence-corrected chi connectivity index (χ0v) is 20.5. The van der Waals surface area contributed by atoms with Crippen LogP contribution in [0, 0.1) is 31.4 Å². The maximum atomic E-state index is 15.0. The molecule has 0 spiro atoms. The number of hydrogen-bond donors (Lipinski definition) is 1. The molecule has 1 aromatic heterocycles. The van der Waals surface area contributed by atoms with Crippen molar-refractivity contribution >= 4 is 17.2 Å². The van der Waals surface area contributed by atoms with E-state index in [4.69, 9.17) is 4.74 Å². The highest BCUT2D eigenvalue weighted by Crippen LogP contribution is 2.31. The second kappa shape index (κ2) is 10.6. The Hall–Kier alpha value is -2.84. The van der Waals surface area contributed by atoms with Gasteiger partial charge in [-0.1, -0.05) is 36.8 Å². The fraction of sp³-hybridized carbons (Fsp3) is 0.385. The van der Waals surface area contributed by atoms with Gasteiger partial charge >= 0.3 is 0 Å². The molecular weight excluding hydrogens is 456 g/mol. The molecule has 3 aromatic rings. The van der Waals surface area contributed by atoms with Crippen molar-refractivity contribution in [1.82, 2.24) is 15.2 Å². The van der Waals surface area contributed by atoms with Crippen LogP contribution in [0.1, 0.15) is 46.4 Å². The van der Waals surface area contributed by atoms with Crippen molar-refractivity contribution in [3.8, 4) is 16.2 Å². The van der Waals surface area contributed by atoms with Gasteiger partial charge in [0, 0.05) is 13.1 Å². The highest BCUT2D eigenvalue weighted by molar-refractivity contribution is 7.15. The van der Waals surface area contributed by atoms with Crippen molar-refractivity contribution in [2.45, 2.75) is 40.2 Å². The Kier molecular flexibility index (Phi) is 7.58. The topological polar surface area (TPSA) is 54.5 Å². The van der Waals surface area contributed by atoms with Gasteiger partial charge in [0.1, 0.15) is 23.0 Å². The van der Waals surface area contributed by atoms with Crippen molar-refractivity contribution in [2.75, 3.05) is 19.8 Å². The molecule has 2 aromatic carbocycles. The number of hydrogen-bond acceptors (Lipinski definition) is 5. The Balaban J connectivity index is 1.42. The summed E-state index contributed by atoms with van der Waals surface area (Å²) in [5, 5.41) is 3.31. The molecule has 1 aliphatic rings. The van der Waals surface area contributed by atoms with Gasteiger partial charge < -0.3 is 10.1 Å². The second-order valence-electron chi connectivity index (χ2n) is 8.88. The van der Waals surface area contributed by atoms with Crippen LogP contribution >= 0.6 is 11.3 Å². The predicted octanol–water partition coefficient (Wildman–Crippen LogP) is 5.70. The van der Waals surface area contributed by atoms with E-state index in [9.17, 15) is 9.18 Å². The maximum Gasteiger partial charge on any atom is 0.258 e. The average Bonchev–Trinajstić information content (AvgIpc) is 3.19. The van der Waals surface area contributed by atoms with E-state index < -0.39 is 23.1 Å². The van der Waals surface area contributed by atoms with Crippen LogP contribution in [0.25, 0.3) is 10.4 Å². The summed E-state index contributed by atoms with van der Waals surface area (Å²) in [6.45, 7) is 8.13. The molecule has 4 rings (SSSR count). The van der Waals surface area contributed by atoms with Gasteiger partial charge in [-0.25, -0.2) is 13.8 Å². The van der Waals surface area contributed by atoms with E-state index in [1.54, 1.807) is 0 Å². The first-order chi connectivity index (χ1) is 16.3. The summed E-state index contributed by atoms with van der Waals surface area (Å²) in [7, 11) is 0. The molecule has 1 fully saturated rings. The SMILES string of the molecule is Cc1ccc(-c2sc(COc3ccc(F)c(C(=O)NCN4CCC(C)CC4)c3F)nc2C)cc1. The molecule has 1 amide bonds. The number of amides is 1. The largest absolute Gasteiger partial charge is 0.483 e. The van der Waals surface area contributed by atoms with Gasteiger partial charge in [0.05, 0.1) is 17.2 Å². The molecule has 0 radical (unpaired) electrons. The number of rotatable bonds is 7. The number of carbonyl (C=O) groups excluding carboxylic acids is 1. The van der Waals surface area contributed by atoms with Gasteiger partial charge in [0.2, 0.25) is 0 Å². The fourth-order valence-electron chi connectivity index (χ4n) is 3.97. The minimum Gasteiger partial charge on any atom is -0.483 e. The number of carbonyl (C=O) groups is 1. The summed E-state index contributed by atoms with van der Waals surface area (Å²) in [6, 6.07) is 10.4. The minimum absolute atomic E-state index is 0.0208. The molecule has 180 valence electrons.